The van der Waals surface area contributed by atoms with Crippen molar-refractivity contribution in [2.24, 2.45) is 0 Å². The molecule has 3 aromatic rings. The van der Waals surface area contributed by atoms with Gasteiger partial charge in [-0.15, -0.1) is 0 Å². The molecule has 0 aliphatic carbocycles. The number of hydrogen-bond donors (Lipinski definition) is 0. The van der Waals surface area contributed by atoms with E-state index in [2.05, 4.69) is 6.92 Å². The molecule has 0 bridgehead atoms. The minimum absolute atomic E-state index is 0.0550. The minimum atomic E-state index is -0.0550. The van der Waals surface area contributed by atoms with Crippen molar-refractivity contribution in [1.82, 2.24) is 4.57 Å². The van der Waals surface area contributed by atoms with Crippen molar-refractivity contribution >= 4 is 22.4 Å². The first-order chi connectivity index (χ1) is 10.1. The lowest BCUT2D eigenvalue weighted by atomic mass is 10.1. The number of nitrogens with zero attached hydrogens (tertiary/aromatic N) is 1. The van der Waals surface area contributed by atoms with Crippen molar-refractivity contribution in [2.75, 3.05) is 0 Å². The summed E-state index contributed by atoms with van der Waals surface area (Å²) in [5, 5.41) is 1.98. The van der Waals surface area contributed by atoms with Gasteiger partial charge in [0.1, 0.15) is 0 Å². The quantitative estimate of drug-likeness (QED) is 0.682. The zero-order chi connectivity index (χ0) is 15.0. The first-order valence-electron chi connectivity index (χ1n) is 7.02. The summed E-state index contributed by atoms with van der Waals surface area (Å²) in [6.45, 7) is 4.08. The number of rotatable bonds is 2. The topological polar surface area (TPSA) is 22.0 Å². The maximum absolute atomic E-state index is 12.9. The summed E-state index contributed by atoms with van der Waals surface area (Å²) in [4.78, 5) is 12.9. The van der Waals surface area contributed by atoms with E-state index in [4.69, 9.17) is 11.6 Å². The maximum Gasteiger partial charge on any atom is 0.264 e. The van der Waals surface area contributed by atoms with Gasteiger partial charge in [0.05, 0.1) is 10.4 Å². The molecule has 0 atom stereocenters. The summed E-state index contributed by atoms with van der Waals surface area (Å²) in [5.41, 5.74) is 2.94. The van der Waals surface area contributed by atoms with Crippen LogP contribution in [0, 0.1) is 6.92 Å². The second kappa shape index (κ2) is 5.38. The van der Waals surface area contributed by atoms with E-state index in [1.165, 1.54) is 0 Å². The van der Waals surface area contributed by atoms with Crippen LogP contribution in [-0.4, -0.2) is 4.57 Å². The maximum atomic E-state index is 12.9. The summed E-state index contributed by atoms with van der Waals surface area (Å²) >= 11 is 6.24. The van der Waals surface area contributed by atoms with Crippen molar-refractivity contribution in [2.45, 2.75) is 20.3 Å². The van der Waals surface area contributed by atoms with Gasteiger partial charge in [0, 0.05) is 11.4 Å². The van der Waals surface area contributed by atoms with Crippen LogP contribution in [0.2, 0.25) is 5.02 Å². The smallest absolute Gasteiger partial charge is 0.264 e. The summed E-state index contributed by atoms with van der Waals surface area (Å²) < 4.78 is 1.77. The number of aryl methyl sites for hydroxylation is 2. The SMILES string of the molecule is CCc1cc2cccc(Cl)c2c(=O)n1-c1cccc(C)c1. The van der Waals surface area contributed by atoms with Crippen molar-refractivity contribution in [3.05, 3.63) is 75.2 Å². The van der Waals surface area contributed by atoms with E-state index >= 15 is 0 Å². The van der Waals surface area contributed by atoms with E-state index in [1.807, 2.05) is 49.4 Å². The van der Waals surface area contributed by atoms with Gasteiger partial charge < -0.3 is 0 Å². The number of halogens is 1. The predicted molar refractivity (Wildman–Crippen MR) is 88.7 cm³/mol. The Morgan fingerprint density at radius 3 is 2.57 bits per heavy atom. The molecule has 0 aliphatic heterocycles. The molecule has 21 heavy (non-hydrogen) atoms. The Bertz CT molecular complexity index is 880. The summed E-state index contributed by atoms with van der Waals surface area (Å²) in [6.07, 6.45) is 0.783. The van der Waals surface area contributed by atoms with Crippen LogP contribution in [0.5, 0.6) is 0 Å². The fraction of sp³-hybridized carbons (Fsp3) is 0.167. The van der Waals surface area contributed by atoms with E-state index in [0.717, 1.165) is 28.8 Å². The molecular formula is C18H16ClNO. The van der Waals surface area contributed by atoms with Crippen LogP contribution in [0.3, 0.4) is 0 Å². The van der Waals surface area contributed by atoms with Crippen molar-refractivity contribution in [3.63, 3.8) is 0 Å². The van der Waals surface area contributed by atoms with Crippen LogP contribution in [0.4, 0.5) is 0 Å². The largest absolute Gasteiger partial charge is 0.281 e. The lowest BCUT2D eigenvalue weighted by Crippen LogP contribution is -2.22. The number of aromatic nitrogens is 1. The zero-order valence-electron chi connectivity index (χ0n) is 12.1. The molecule has 0 saturated heterocycles. The monoisotopic (exact) mass is 297 g/mol. The van der Waals surface area contributed by atoms with E-state index < -0.39 is 0 Å². The van der Waals surface area contributed by atoms with Crippen LogP contribution >= 0.6 is 11.6 Å². The highest BCUT2D eigenvalue weighted by Crippen LogP contribution is 2.23. The van der Waals surface area contributed by atoms with Crippen LogP contribution in [0.15, 0.2) is 53.3 Å². The molecule has 1 heterocycles. The Labute approximate surface area is 128 Å². The second-order valence-electron chi connectivity index (χ2n) is 5.17. The number of benzene rings is 2. The third-order valence-corrected chi connectivity index (χ3v) is 4.01. The van der Waals surface area contributed by atoms with Gasteiger partial charge in [-0.25, -0.2) is 0 Å². The first-order valence-corrected chi connectivity index (χ1v) is 7.40. The molecule has 0 aliphatic rings. The molecule has 0 N–H and O–H groups in total. The molecule has 0 radical (unpaired) electrons. The van der Waals surface area contributed by atoms with Gasteiger partial charge in [-0.05, 0) is 48.6 Å². The normalized spacial score (nSPS) is 11.0. The van der Waals surface area contributed by atoms with E-state index in [1.54, 1.807) is 10.6 Å². The van der Waals surface area contributed by atoms with Crippen molar-refractivity contribution in [1.29, 1.82) is 0 Å². The van der Waals surface area contributed by atoms with Gasteiger partial charge in [-0.3, -0.25) is 9.36 Å². The molecule has 2 aromatic carbocycles. The molecule has 3 rings (SSSR count). The lowest BCUT2D eigenvalue weighted by Gasteiger charge is -2.14. The fourth-order valence-electron chi connectivity index (χ4n) is 2.68. The van der Waals surface area contributed by atoms with Gasteiger partial charge in [0.15, 0.2) is 0 Å². The molecule has 1 aromatic heterocycles. The van der Waals surface area contributed by atoms with Gasteiger partial charge in [-0.2, -0.15) is 0 Å². The number of hydrogen-bond acceptors (Lipinski definition) is 1. The van der Waals surface area contributed by atoms with E-state index in [9.17, 15) is 4.79 Å². The molecule has 0 amide bonds. The van der Waals surface area contributed by atoms with E-state index in [-0.39, 0.29) is 5.56 Å². The summed E-state index contributed by atoms with van der Waals surface area (Å²) in [5.74, 6) is 0. The Morgan fingerprint density at radius 2 is 1.86 bits per heavy atom. The van der Waals surface area contributed by atoms with Crippen molar-refractivity contribution < 1.29 is 0 Å². The first kappa shape index (κ1) is 13.9. The molecular weight excluding hydrogens is 282 g/mol. The molecule has 106 valence electrons. The fourth-order valence-corrected chi connectivity index (χ4v) is 2.95. The van der Waals surface area contributed by atoms with Gasteiger partial charge >= 0.3 is 0 Å². The standard InChI is InChI=1S/C18H16ClNO/c1-3-14-11-13-7-5-9-16(19)17(13)18(21)20(14)15-8-4-6-12(2)10-15/h4-11H,3H2,1-2H3. The zero-order valence-corrected chi connectivity index (χ0v) is 12.8. The Balaban J connectivity index is 2.44. The third kappa shape index (κ3) is 2.36. The minimum Gasteiger partial charge on any atom is -0.281 e. The molecule has 3 heteroatoms. The van der Waals surface area contributed by atoms with E-state index in [0.29, 0.717) is 10.4 Å². The highest BCUT2D eigenvalue weighted by Gasteiger charge is 2.12. The molecule has 0 unspecified atom stereocenters. The number of fused-ring (bicyclic) bond motifs is 1. The molecule has 0 fully saturated rings. The molecule has 2 nitrogen and oxygen atoms in total. The highest BCUT2D eigenvalue weighted by atomic mass is 35.5. The second-order valence-corrected chi connectivity index (χ2v) is 5.58. The molecule has 0 spiro atoms. The van der Waals surface area contributed by atoms with Crippen LogP contribution in [0.25, 0.3) is 16.5 Å². The van der Waals surface area contributed by atoms with Gasteiger partial charge in [0.25, 0.3) is 5.56 Å². The van der Waals surface area contributed by atoms with Gasteiger partial charge in [-0.1, -0.05) is 42.8 Å². The molecule has 0 saturated carbocycles. The van der Waals surface area contributed by atoms with Crippen LogP contribution in [-0.2, 0) is 6.42 Å². The summed E-state index contributed by atoms with van der Waals surface area (Å²) in [6, 6.07) is 15.6. The average Bonchev–Trinajstić information content (AvgIpc) is 2.46. The Hall–Kier alpha value is -2.06. The average molecular weight is 298 g/mol. The third-order valence-electron chi connectivity index (χ3n) is 3.69. The predicted octanol–water partition coefficient (Wildman–Crippen LogP) is 4.51. The van der Waals surface area contributed by atoms with Crippen molar-refractivity contribution in [3.8, 4) is 5.69 Å². The van der Waals surface area contributed by atoms with Crippen LogP contribution in [0.1, 0.15) is 18.2 Å². The Morgan fingerprint density at radius 1 is 1.10 bits per heavy atom. The van der Waals surface area contributed by atoms with Gasteiger partial charge in [0.2, 0.25) is 0 Å². The lowest BCUT2D eigenvalue weighted by molar-refractivity contribution is 0.888. The number of pyridine rings is 1. The Kier molecular flexibility index (Phi) is 3.56. The summed E-state index contributed by atoms with van der Waals surface area (Å²) in [7, 11) is 0. The highest BCUT2D eigenvalue weighted by molar-refractivity contribution is 6.35. The van der Waals surface area contributed by atoms with Crippen LogP contribution < -0.4 is 5.56 Å².